The Morgan fingerprint density at radius 1 is 1.62 bits per heavy atom. The van der Waals surface area contributed by atoms with Gasteiger partial charge in [-0.3, -0.25) is 4.79 Å². The topological polar surface area (TPSA) is 26.3 Å². The summed E-state index contributed by atoms with van der Waals surface area (Å²) in [5.41, 5.74) is 0. The van der Waals surface area contributed by atoms with Crippen molar-refractivity contribution in [3.63, 3.8) is 0 Å². The van der Waals surface area contributed by atoms with Gasteiger partial charge in [-0.15, -0.1) is 0 Å². The van der Waals surface area contributed by atoms with Gasteiger partial charge in [0.1, 0.15) is 0 Å². The molecule has 48 valence electrons. The monoisotopic (exact) mass is 116 g/mol. The maximum Gasteiger partial charge on any atom is 0.307 e. The van der Waals surface area contributed by atoms with Crippen LogP contribution in [-0.4, -0.2) is 5.97 Å². The van der Waals surface area contributed by atoms with Crippen LogP contribution in [0.1, 0.15) is 20.8 Å². The van der Waals surface area contributed by atoms with E-state index in [-0.39, 0.29) is 5.97 Å². The molecule has 0 rings (SSSR count). The summed E-state index contributed by atoms with van der Waals surface area (Å²) < 4.78 is 4.17. The van der Waals surface area contributed by atoms with Crippen molar-refractivity contribution in [1.29, 1.82) is 0 Å². The molecule has 0 unspecified atom stereocenters. The first-order chi connectivity index (χ1) is 3.77. The van der Waals surface area contributed by atoms with Gasteiger partial charge in [0.2, 0.25) is 0 Å². The number of hydrogen-bond acceptors (Lipinski definition) is 2. The number of carbonyl (C=O) groups excluding carboxylic acids is 1. The minimum atomic E-state index is -0.329. The average molecular weight is 116 g/mol. The zero-order chi connectivity index (χ0) is 6.99. The molecule has 0 amide bonds. The summed E-state index contributed by atoms with van der Waals surface area (Å²) in [5.74, 6) is -0.329. The molecule has 0 aromatic rings. The van der Waals surface area contributed by atoms with Crippen molar-refractivity contribution in [2.45, 2.75) is 20.8 Å². The van der Waals surface area contributed by atoms with Crippen molar-refractivity contribution in [2.75, 3.05) is 0 Å². The standard InChI is InChI=1S/C4H6O2.C2H6/c1-3-6-4(2)5;1-2/h3H,1H2,2H3;1-2H3. The van der Waals surface area contributed by atoms with Crippen LogP contribution in [0.25, 0.3) is 0 Å². The van der Waals surface area contributed by atoms with Crippen LogP contribution in [0, 0.1) is 0 Å². The van der Waals surface area contributed by atoms with E-state index >= 15 is 0 Å². The molecule has 0 spiro atoms. The van der Waals surface area contributed by atoms with E-state index < -0.39 is 0 Å². The van der Waals surface area contributed by atoms with Gasteiger partial charge in [0.25, 0.3) is 0 Å². The predicted octanol–water partition coefficient (Wildman–Crippen LogP) is 1.72. The van der Waals surface area contributed by atoms with Gasteiger partial charge in [-0.2, -0.15) is 0 Å². The third kappa shape index (κ3) is 18.9. The van der Waals surface area contributed by atoms with Gasteiger partial charge in [0.15, 0.2) is 0 Å². The second-order valence-corrected chi connectivity index (χ2v) is 0.776. The Morgan fingerprint density at radius 2 is 2.00 bits per heavy atom. The Morgan fingerprint density at radius 3 is 2.00 bits per heavy atom. The number of carbonyl (C=O) groups is 1. The van der Waals surface area contributed by atoms with Gasteiger partial charge in [0, 0.05) is 6.92 Å². The van der Waals surface area contributed by atoms with Gasteiger partial charge in [-0.1, -0.05) is 20.4 Å². The summed E-state index contributed by atoms with van der Waals surface area (Å²) in [5, 5.41) is 0. The summed E-state index contributed by atoms with van der Waals surface area (Å²) in [7, 11) is 0. The molecule has 0 aromatic carbocycles. The summed E-state index contributed by atoms with van der Waals surface area (Å²) in [6, 6.07) is 0. The van der Waals surface area contributed by atoms with E-state index in [0.717, 1.165) is 6.26 Å². The molecule has 0 saturated carbocycles. The highest BCUT2D eigenvalue weighted by molar-refractivity contribution is 5.66. The molecule has 0 aliphatic rings. The van der Waals surface area contributed by atoms with E-state index in [1.54, 1.807) is 0 Å². The van der Waals surface area contributed by atoms with Crippen LogP contribution in [0.3, 0.4) is 0 Å². The van der Waals surface area contributed by atoms with Crippen molar-refractivity contribution in [1.82, 2.24) is 0 Å². The quantitative estimate of drug-likeness (QED) is 0.385. The van der Waals surface area contributed by atoms with E-state index in [1.165, 1.54) is 6.92 Å². The summed E-state index contributed by atoms with van der Waals surface area (Å²) >= 11 is 0. The van der Waals surface area contributed by atoms with E-state index in [9.17, 15) is 4.79 Å². The van der Waals surface area contributed by atoms with Crippen LogP contribution in [0.2, 0.25) is 0 Å². The zero-order valence-corrected chi connectivity index (χ0v) is 5.60. The highest BCUT2D eigenvalue weighted by atomic mass is 16.5. The van der Waals surface area contributed by atoms with Crippen molar-refractivity contribution in [3.8, 4) is 0 Å². The molecule has 0 aliphatic carbocycles. The summed E-state index contributed by atoms with van der Waals surface area (Å²) in [6.45, 7) is 8.48. The van der Waals surface area contributed by atoms with Crippen molar-refractivity contribution < 1.29 is 9.53 Å². The van der Waals surface area contributed by atoms with E-state index in [0.29, 0.717) is 0 Å². The van der Waals surface area contributed by atoms with Gasteiger partial charge >= 0.3 is 5.97 Å². The average Bonchev–Trinajstić information content (AvgIpc) is 1.72. The molecule has 0 radical (unpaired) electrons. The Hall–Kier alpha value is -0.790. The minimum Gasteiger partial charge on any atom is -0.435 e. The normalized spacial score (nSPS) is 5.88. The molecule has 0 fully saturated rings. The Bertz CT molecular complexity index is 66.9. The number of hydrogen-bond donors (Lipinski definition) is 0. The maximum atomic E-state index is 9.75. The zero-order valence-electron chi connectivity index (χ0n) is 5.60. The van der Waals surface area contributed by atoms with Crippen LogP contribution >= 0.6 is 0 Å². The molecule has 0 bridgehead atoms. The second kappa shape index (κ2) is 9.51. The Labute approximate surface area is 50.2 Å². The lowest BCUT2D eigenvalue weighted by molar-refractivity contribution is -0.135. The molecule has 0 atom stereocenters. The van der Waals surface area contributed by atoms with E-state index in [1.807, 2.05) is 13.8 Å². The third-order valence-corrected chi connectivity index (χ3v) is 0.249. The minimum absolute atomic E-state index is 0.329. The fourth-order valence-corrected chi connectivity index (χ4v) is 0.117. The number of esters is 1. The Kier molecular flexibility index (Phi) is 12.2. The lowest BCUT2D eigenvalue weighted by Crippen LogP contribution is -1.87. The van der Waals surface area contributed by atoms with Crippen LogP contribution < -0.4 is 0 Å². The molecule has 0 heterocycles. The lowest BCUT2D eigenvalue weighted by Gasteiger charge is -1.83. The molecule has 0 saturated heterocycles. The first-order valence-corrected chi connectivity index (χ1v) is 2.55. The molecule has 2 heteroatoms. The van der Waals surface area contributed by atoms with Gasteiger partial charge in [-0.25, -0.2) is 0 Å². The molecule has 0 aromatic heterocycles. The molecule has 2 nitrogen and oxygen atoms in total. The molecular formula is C6H12O2. The molecule has 0 aliphatic heterocycles. The van der Waals surface area contributed by atoms with Crippen LogP contribution in [0.5, 0.6) is 0 Å². The molecular weight excluding hydrogens is 104 g/mol. The first kappa shape index (κ1) is 10.2. The highest BCUT2D eigenvalue weighted by Crippen LogP contribution is 1.70. The fraction of sp³-hybridized carbons (Fsp3) is 0.500. The SMILES string of the molecule is C=COC(C)=O.CC. The van der Waals surface area contributed by atoms with Crippen LogP contribution in [0.4, 0.5) is 0 Å². The van der Waals surface area contributed by atoms with Gasteiger partial charge < -0.3 is 4.74 Å². The number of rotatable bonds is 1. The third-order valence-electron chi connectivity index (χ3n) is 0.249. The second-order valence-electron chi connectivity index (χ2n) is 0.776. The Balaban J connectivity index is 0. The summed E-state index contributed by atoms with van der Waals surface area (Å²) in [6.07, 6.45) is 1.10. The smallest absolute Gasteiger partial charge is 0.307 e. The van der Waals surface area contributed by atoms with E-state index in [2.05, 4.69) is 11.3 Å². The number of ether oxygens (including phenoxy) is 1. The lowest BCUT2D eigenvalue weighted by atomic mass is 10.8. The molecule has 0 N–H and O–H groups in total. The van der Waals surface area contributed by atoms with Crippen LogP contribution in [0.15, 0.2) is 12.8 Å². The highest BCUT2D eigenvalue weighted by Gasteiger charge is 1.79. The maximum absolute atomic E-state index is 9.75. The van der Waals surface area contributed by atoms with Crippen LogP contribution in [-0.2, 0) is 9.53 Å². The van der Waals surface area contributed by atoms with E-state index in [4.69, 9.17) is 0 Å². The van der Waals surface area contributed by atoms with Crippen molar-refractivity contribution >= 4 is 5.97 Å². The van der Waals surface area contributed by atoms with Gasteiger partial charge in [-0.05, 0) is 0 Å². The van der Waals surface area contributed by atoms with Crippen molar-refractivity contribution in [3.05, 3.63) is 12.8 Å². The first-order valence-electron chi connectivity index (χ1n) is 2.55. The molecule has 8 heavy (non-hydrogen) atoms. The predicted molar refractivity (Wildman–Crippen MR) is 33.3 cm³/mol. The van der Waals surface area contributed by atoms with Gasteiger partial charge in [0.05, 0.1) is 6.26 Å². The fourth-order valence-electron chi connectivity index (χ4n) is 0.117. The largest absolute Gasteiger partial charge is 0.435 e. The summed E-state index contributed by atoms with van der Waals surface area (Å²) in [4.78, 5) is 9.75. The van der Waals surface area contributed by atoms with Crippen molar-refractivity contribution in [2.24, 2.45) is 0 Å².